The lowest BCUT2D eigenvalue weighted by atomic mass is 10.1. The quantitative estimate of drug-likeness (QED) is 0.745. The van der Waals surface area contributed by atoms with Crippen LogP contribution in [0.15, 0.2) is 53.5 Å². The Morgan fingerprint density at radius 3 is 2.79 bits per heavy atom. The predicted molar refractivity (Wildman–Crippen MR) is 91.9 cm³/mol. The predicted octanol–water partition coefficient (Wildman–Crippen LogP) is 3.59. The van der Waals surface area contributed by atoms with Gasteiger partial charge in [0.25, 0.3) is 0 Å². The van der Waals surface area contributed by atoms with Crippen LogP contribution in [0.3, 0.4) is 0 Å². The minimum Gasteiger partial charge on any atom is -0.350 e. The van der Waals surface area contributed by atoms with Crippen LogP contribution in [-0.4, -0.2) is 15.9 Å². The molecule has 122 valence electrons. The van der Waals surface area contributed by atoms with E-state index < -0.39 is 0 Å². The summed E-state index contributed by atoms with van der Waals surface area (Å²) in [5, 5.41) is 6.80. The summed E-state index contributed by atoms with van der Waals surface area (Å²) in [4.78, 5) is 20.7. The van der Waals surface area contributed by atoms with E-state index in [1.165, 1.54) is 6.07 Å². The summed E-state index contributed by atoms with van der Waals surface area (Å²) in [6.07, 6.45) is 3.85. The molecule has 2 heterocycles. The Morgan fingerprint density at radius 1 is 1.17 bits per heavy atom. The molecular weight excluding hydrogens is 325 g/mol. The average Bonchev–Trinajstić information content (AvgIpc) is 3.14. The van der Waals surface area contributed by atoms with Crippen molar-refractivity contribution in [1.29, 1.82) is 0 Å². The maximum absolute atomic E-state index is 13.6. The summed E-state index contributed by atoms with van der Waals surface area (Å²) >= 11 is 1.58. The summed E-state index contributed by atoms with van der Waals surface area (Å²) in [6, 6.07) is 8.47. The molecule has 3 rings (SSSR count). The summed E-state index contributed by atoms with van der Waals surface area (Å²) in [5.41, 5.74) is 3.03. The van der Waals surface area contributed by atoms with Crippen molar-refractivity contribution in [1.82, 2.24) is 15.3 Å². The van der Waals surface area contributed by atoms with Gasteiger partial charge in [0.05, 0.1) is 17.9 Å². The molecule has 0 fully saturated rings. The molecule has 1 N–H and O–H groups in total. The van der Waals surface area contributed by atoms with Crippen molar-refractivity contribution in [2.24, 2.45) is 0 Å². The number of benzene rings is 1. The van der Waals surface area contributed by atoms with Gasteiger partial charge in [0.1, 0.15) is 5.82 Å². The molecule has 0 unspecified atom stereocenters. The first-order chi connectivity index (χ1) is 11.7. The third-order valence-corrected chi connectivity index (χ3v) is 4.28. The Balaban J connectivity index is 1.58. The molecule has 24 heavy (non-hydrogen) atoms. The Hall–Kier alpha value is -2.60. The molecule has 4 nitrogen and oxygen atoms in total. The molecular formula is C18H16FN3OS. The molecule has 2 aromatic heterocycles. The van der Waals surface area contributed by atoms with Crippen LogP contribution in [0.5, 0.6) is 0 Å². The first-order valence-corrected chi connectivity index (χ1v) is 8.51. The largest absolute Gasteiger partial charge is 0.350 e. The van der Waals surface area contributed by atoms with E-state index in [4.69, 9.17) is 0 Å². The fraction of sp³-hybridized carbons (Fsp3) is 0.167. The van der Waals surface area contributed by atoms with Gasteiger partial charge in [-0.15, -0.1) is 0 Å². The minimum absolute atomic E-state index is 0.139. The minimum atomic E-state index is -0.279. The molecule has 0 aliphatic heterocycles. The van der Waals surface area contributed by atoms with Gasteiger partial charge in [-0.05, 0) is 29.5 Å². The number of aryl methyl sites for hydroxylation is 1. The standard InChI is InChI=1S/C18H16FN3OS/c19-15-4-2-1-3-13(15)5-6-17(23)22-11-16-18(21-9-8-20-16)14-7-10-24-12-14/h1-4,7-10,12H,5-6,11H2,(H,22,23). The number of thiophene rings is 1. The lowest BCUT2D eigenvalue weighted by Crippen LogP contribution is -2.24. The number of carbonyl (C=O) groups is 1. The van der Waals surface area contributed by atoms with Crippen molar-refractivity contribution in [2.45, 2.75) is 19.4 Å². The Morgan fingerprint density at radius 2 is 2.00 bits per heavy atom. The number of nitrogens with zero attached hydrogens (tertiary/aromatic N) is 2. The van der Waals surface area contributed by atoms with Crippen LogP contribution in [0.25, 0.3) is 11.3 Å². The highest BCUT2D eigenvalue weighted by molar-refractivity contribution is 7.08. The van der Waals surface area contributed by atoms with Gasteiger partial charge in [-0.25, -0.2) is 4.39 Å². The normalized spacial score (nSPS) is 10.5. The van der Waals surface area contributed by atoms with Crippen LogP contribution >= 0.6 is 11.3 Å². The van der Waals surface area contributed by atoms with Gasteiger partial charge < -0.3 is 5.32 Å². The van der Waals surface area contributed by atoms with E-state index in [-0.39, 0.29) is 18.1 Å². The lowest BCUT2D eigenvalue weighted by molar-refractivity contribution is -0.121. The second-order valence-electron chi connectivity index (χ2n) is 5.23. The van der Waals surface area contributed by atoms with Gasteiger partial charge in [-0.2, -0.15) is 11.3 Å². The molecule has 0 saturated heterocycles. The summed E-state index contributed by atoms with van der Waals surface area (Å²) in [6.45, 7) is 0.301. The number of halogens is 1. The van der Waals surface area contributed by atoms with Gasteiger partial charge >= 0.3 is 0 Å². The molecule has 0 spiro atoms. The zero-order valence-electron chi connectivity index (χ0n) is 12.9. The monoisotopic (exact) mass is 341 g/mol. The van der Waals surface area contributed by atoms with Crippen molar-refractivity contribution >= 4 is 17.2 Å². The van der Waals surface area contributed by atoms with Crippen molar-refractivity contribution in [3.05, 3.63) is 70.6 Å². The van der Waals surface area contributed by atoms with E-state index in [0.29, 0.717) is 18.5 Å². The summed E-state index contributed by atoms with van der Waals surface area (Å²) in [7, 11) is 0. The molecule has 0 aliphatic carbocycles. The molecule has 1 amide bonds. The molecule has 0 saturated carbocycles. The average molecular weight is 341 g/mol. The first-order valence-electron chi connectivity index (χ1n) is 7.56. The number of hydrogen-bond acceptors (Lipinski definition) is 4. The van der Waals surface area contributed by atoms with Crippen LogP contribution in [0.2, 0.25) is 0 Å². The molecule has 0 aliphatic rings. The zero-order chi connectivity index (χ0) is 16.8. The van der Waals surface area contributed by atoms with Gasteiger partial charge in [-0.1, -0.05) is 18.2 Å². The van der Waals surface area contributed by atoms with Crippen LogP contribution < -0.4 is 5.32 Å². The molecule has 0 atom stereocenters. The smallest absolute Gasteiger partial charge is 0.220 e. The number of carbonyl (C=O) groups excluding carboxylic acids is 1. The fourth-order valence-corrected chi connectivity index (χ4v) is 3.00. The Labute approximate surface area is 143 Å². The van der Waals surface area contributed by atoms with E-state index in [0.717, 1.165) is 17.0 Å². The number of amides is 1. The Kier molecular flexibility index (Phi) is 5.28. The SMILES string of the molecule is O=C(CCc1ccccc1F)NCc1nccnc1-c1ccsc1. The maximum atomic E-state index is 13.6. The maximum Gasteiger partial charge on any atom is 0.220 e. The fourth-order valence-electron chi connectivity index (χ4n) is 2.36. The van der Waals surface area contributed by atoms with Crippen molar-refractivity contribution in [3.8, 4) is 11.3 Å². The number of hydrogen-bond donors (Lipinski definition) is 1. The van der Waals surface area contributed by atoms with E-state index in [1.54, 1.807) is 41.9 Å². The van der Waals surface area contributed by atoms with Crippen LogP contribution in [0, 0.1) is 5.82 Å². The highest BCUT2D eigenvalue weighted by Crippen LogP contribution is 2.22. The van der Waals surface area contributed by atoms with Crippen LogP contribution in [-0.2, 0) is 17.8 Å². The topological polar surface area (TPSA) is 54.9 Å². The molecule has 0 radical (unpaired) electrons. The third-order valence-electron chi connectivity index (χ3n) is 3.60. The molecule has 6 heteroatoms. The summed E-state index contributed by atoms with van der Waals surface area (Å²) < 4.78 is 13.6. The Bertz CT molecular complexity index is 821. The van der Waals surface area contributed by atoms with E-state index in [9.17, 15) is 9.18 Å². The van der Waals surface area contributed by atoms with E-state index in [2.05, 4.69) is 15.3 Å². The number of aromatic nitrogens is 2. The van der Waals surface area contributed by atoms with Gasteiger partial charge in [-0.3, -0.25) is 14.8 Å². The van der Waals surface area contributed by atoms with Gasteiger partial charge in [0.2, 0.25) is 5.91 Å². The lowest BCUT2D eigenvalue weighted by Gasteiger charge is -2.08. The van der Waals surface area contributed by atoms with E-state index >= 15 is 0 Å². The van der Waals surface area contributed by atoms with Crippen LogP contribution in [0.1, 0.15) is 17.7 Å². The second kappa shape index (κ2) is 7.79. The zero-order valence-corrected chi connectivity index (χ0v) is 13.7. The summed E-state index contributed by atoms with van der Waals surface area (Å²) in [5.74, 6) is -0.417. The molecule has 3 aromatic rings. The third kappa shape index (κ3) is 4.02. The highest BCUT2D eigenvalue weighted by atomic mass is 32.1. The molecule has 0 bridgehead atoms. The van der Waals surface area contributed by atoms with Crippen molar-refractivity contribution in [2.75, 3.05) is 0 Å². The van der Waals surface area contributed by atoms with Crippen molar-refractivity contribution < 1.29 is 9.18 Å². The van der Waals surface area contributed by atoms with Crippen molar-refractivity contribution in [3.63, 3.8) is 0 Å². The van der Waals surface area contributed by atoms with Crippen LogP contribution in [0.4, 0.5) is 4.39 Å². The number of nitrogens with one attached hydrogen (secondary N) is 1. The molecule has 1 aromatic carbocycles. The van der Waals surface area contributed by atoms with E-state index in [1.807, 2.05) is 16.8 Å². The second-order valence-corrected chi connectivity index (χ2v) is 6.01. The number of rotatable bonds is 6. The highest BCUT2D eigenvalue weighted by Gasteiger charge is 2.10. The van der Waals surface area contributed by atoms with Gasteiger partial charge in [0, 0.05) is 29.8 Å². The van der Waals surface area contributed by atoms with Gasteiger partial charge in [0.15, 0.2) is 0 Å². The first kappa shape index (κ1) is 16.3.